The van der Waals surface area contributed by atoms with Crippen LogP contribution in [-0.4, -0.2) is 74.2 Å². The Bertz CT molecular complexity index is 1170. The van der Waals surface area contributed by atoms with Gasteiger partial charge in [-0.05, 0) is 57.7 Å². The van der Waals surface area contributed by atoms with E-state index in [0.29, 0.717) is 18.7 Å². The number of hydrogen-bond donors (Lipinski definition) is 2. The highest BCUT2D eigenvalue weighted by Crippen LogP contribution is 2.59. The SMILES string of the molecule is CO[C@@H]1[C@H](OC(=O)NCc2ccc(NC(=O)COCC(=O)C(C)(C)C)cc2)CC[C@]2(CO2)[C@H]1[C@@]1(C)O[C@@H]1CC=C(C)C. The minimum absolute atomic E-state index is 0.0377. The van der Waals surface area contributed by atoms with Crippen molar-refractivity contribution in [3.8, 4) is 0 Å². The summed E-state index contributed by atoms with van der Waals surface area (Å²) in [6.07, 6.45) is 3.27. The summed E-state index contributed by atoms with van der Waals surface area (Å²) in [5, 5.41) is 5.56. The largest absolute Gasteiger partial charge is 0.443 e. The van der Waals surface area contributed by atoms with Gasteiger partial charge in [0.05, 0.1) is 18.6 Å². The normalized spacial score (nSPS) is 29.9. The molecule has 232 valence electrons. The monoisotopic (exact) mass is 586 g/mol. The Morgan fingerprint density at radius 2 is 1.81 bits per heavy atom. The van der Waals surface area contributed by atoms with Gasteiger partial charge >= 0.3 is 6.09 Å². The van der Waals surface area contributed by atoms with Gasteiger partial charge in [-0.1, -0.05) is 44.6 Å². The van der Waals surface area contributed by atoms with Gasteiger partial charge in [0.1, 0.15) is 36.6 Å². The van der Waals surface area contributed by atoms with Crippen LogP contribution in [0.15, 0.2) is 35.9 Å². The number of ketones is 1. The van der Waals surface area contributed by atoms with Gasteiger partial charge in [-0.3, -0.25) is 9.59 Å². The molecule has 1 aromatic carbocycles. The summed E-state index contributed by atoms with van der Waals surface area (Å²) in [6.45, 7) is 12.3. The minimum Gasteiger partial charge on any atom is -0.443 e. The number of allylic oxidation sites excluding steroid dienone is 1. The van der Waals surface area contributed by atoms with Crippen LogP contribution >= 0.6 is 0 Å². The highest BCUT2D eigenvalue weighted by atomic mass is 16.6. The molecule has 3 aliphatic rings. The van der Waals surface area contributed by atoms with E-state index in [1.807, 2.05) is 20.8 Å². The van der Waals surface area contributed by atoms with Crippen molar-refractivity contribution in [2.24, 2.45) is 11.3 Å². The van der Waals surface area contributed by atoms with Crippen molar-refractivity contribution in [2.75, 3.05) is 32.2 Å². The second-order valence-corrected chi connectivity index (χ2v) is 13.1. The first-order valence-electron chi connectivity index (χ1n) is 14.7. The number of benzene rings is 1. The van der Waals surface area contributed by atoms with Gasteiger partial charge in [-0.25, -0.2) is 4.79 Å². The van der Waals surface area contributed by atoms with Crippen LogP contribution < -0.4 is 10.6 Å². The average Bonchev–Trinajstić information content (AvgIpc) is 3.84. The second kappa shape index (κ2) is 12.8. The summed E-state index contributed by atoms with van der Waals surface area (Å²) in [6, 6.07) is 7.09. The molecule has 2 amide bonds. The fourth-order valence-corrected chi connectivity index (χ4v) is 5.78. The Kier molecular flexibility index (Phi) is 9.82. The molecule has 2 aliphatic heterocycles. The van der Waals surface area contributed by atoms with Crippen LogP contribution in [0.5, 0.6) is 0 Å². The number of carbonyl (C=O) groups is 3. The molecule has 6 atom stereocenters. The quantitative estimate of drug-likeness (QED) is 0.270. The smallest absolute Gasteiger partial charge is 0.407 e. The van der Waals surface area contributed by atoms with Gasteiger partial charge in [0, 0.05) is 24.8 Å². The van der Waals surface area contributed by atoms with Crippen molar-refractivity contribution in [2.45, 2.75) is 96.9 Å². The highest BCUT2D eigenvalue weighted by Gasteiger charge is 2.72. The second-order valence-electron chi connectivity index (χ2n) is 13.1. The zero-order valence-corrected chi connectivity index (χ0v) is 25.9. The zero-order chi connectivity index (χ0) is 30.7. The van der Waals surface area contributed by atoms with E-state index in [1.54, 1.807) is 31.4 Å². The van der Waals surface area contributed by atoms with Crippen LogP contribution in [0.1, 0.15) is 66.4 Å². The highest BCUT2D eigenvalue weighted by molar-refractivity contribution is 5.92. The molecule has 0 unspecified atom stereocenters. The van der Waals surface area contributed by atoms with Gasteiger partial charge in [-0.15, -0.1) is 0 Å². The predicted octanol–water partition coefficient (Wildman–Crippen LogP) is 4.56. The first-order valence-corrected chi connectivity index (χ1v) is 14.7. The molecule has 1 saturated carbocycles. The van der Waals surface area contributed by atoms with E-state index in [-0.39, 0.29) is 55.2 Å². The van der Waals surface area contributed by atoms with Crippen molar-refractivity contribution >= 4 is 23.5 Å². The third kappa shape index (κ3) is 7.78. The molecule has 1 aromatic rings. The summed E-state index contributed by atoms with van der Waals surface area (Å²) in [7, 11) is 1.65. The molecule has 1 spiro atoms. The summed E-state index contributed by atoms with van der Waals surface area (Å²) in [5.74, 6) is -0.455. The standard InChI is InChI=1S/C32H46N2O8/c1-20(2)8-13-25-31(6,42-25)28-27(38-7)23(14-15-32(28)19-40-32)41-29(37)33-16-21-9-11-22(12-10-21)34-26(36)18-39-17-24(35)30(3,4)5/h8-12,23,25,27-28H,13-19H2,1-7H3,(H,33,37)(H,34,36)/t23-,25-,27-,28-,31+,32+/m1/s1. The number of hydrogen-bond acceptors (Lipinski definition) is 8. The third-order valence-electron chi connectivity index (χ3n) is 8.47. The van der Waals surface area contributed by atoms with E-state index in [9.17, 15) is 14.4 Å². The van der Waals surface area contributed by atoms with Gasteiger partial charge in [0.25, 0.3) is 0 Å². The van der Waals surface area contributed by atoms with Gasteiger partial charge in [0.2, 0.25) is 5.91 Å². The number of amides is 2. The molecule has 2 saturated heterocycles. The van der Waals surface area contributed by atoms with Gasteiger partial charge < -0.3 is 34.3 Å². The van der Waals surface area contributed by atoms with E-state index in [2.05, 4.69) is 37.5 Å². The van der Waals surface area contributed by atoms with E-state index in [1.165, 1.54) is 5.57 Å². The lowest BCUT2D eigenvalue weighted by molar-refractivity contribution is -0.133. The summed E-state index contributed by atoms with van der Waals surface area (Å²) in [4.78, 5) is 36.9. The number of alkyl carbamates (subject to hydrolysis) is 1. The number of rotatable bonds is 12. The number of anilines is 1. The molecular weight excluding hydrogens is 540 g/mol. The van der Waals surface area contributed by atoms with Crippen LogP contribution in [0.3, 0.4) is 0 Å². The van der Waals surface area contributed by atoms with E-state index in [0.717, 1.165) is 18.4 Å². The lowest BCUT2D eigenvalue weighted by Gasteiger charge is -2.42. The number of Topliss-reactive ketones (excluding diaryl/α,β-unsaturated/α-hetero) is 1. The third-order valence-corrected chi connectivity index (χ3v) is 8.47. The Morgan fingerprint density at radius 3 is 2.40 bits per heavy atom. The van der Waals surface area contributed by atoms with E-state index >= 15 is 0 Å². The molecule has 0 bridgehead atoms. The first kappa shape index (κ1) is 32.1. The van der Waals surface area contributed by atoms with Crippen LogP contribution in [0, 0.1) is 11.3 Å². The lowest BCUT2D eigenvalue weighted by atomic mass is 9.68. The lowest BCUT2D eigenvalue weighted by Crippen LogP contribution is -2.56. The molecule has 0 radical (unpaired) electrons. The number of nitrogens with one attached hydrogen (secondary N) is 2. The minimum atomic E-state index is -0.518. The van der Waals surface area contributed by atoms with E-state index in [4.69, 9.17) is 23.7 Å². The van der Waals surface area contributed by atoms with Gasteiger partial charge in [0.15, 0.2) is 5.78 Å². The predicted molar refractivity (Wildman–Crippen MR) is 157 cm³/mol. The first-order chi connectivity index (χ1) is 19.8. The van der Waals surface area contributed by atoms with Gasteiger partial charge in [-0.2, -0.15) is 0 Å². The number of epoxide rings is 2. The molecule has 4 rings (SSSR count). The summed E-state index contributed by atoms with van der Waals surface area (Å²) in [5.41, 5.74) is 1.50. The van der Waals surface area contributed by atoms with Crippen LogP contribution in [0.4, 0.5) is 10.5 Å². The average molecular weight is 587 g/mol. The Hall–Kier alpha value is -2.79. The number of carbonyl (C=O) groups excluding carboxylic acids is 3. The van der Waals surface area contributed by atoms with E-state index < -0.39 is 23.2 Å². The maximum atomic E-state index is 12.8. The summed E-state index contributed by atoms with van der Waals surface area (Å²) >= 11 is 0. The molecule has 1 aliphatic carbocycles. The van der Waals surface area contributed by atoms with Crippen molar-refractivity contribution in [3.05, 3.63) is 41.5 Å². The number of methoxy groups -OCH3 is 1. The van der Waals surface area contributed by atoms with Crippen LogP contribution in [0.25, 0.3) is 0 Å². The molecule has 42 heavy (non-hydrogen) atoms. The maximum absolute atomic E-state index is 12.8. The Morgan fingerprint density at radius 1 is 1.12 bits per heavy atom. The molecule has 2 heterocycles. The number of ether oxygens (including phenoxy) is 5. The molecule has 10 nitrogen and oxygen atoms in total. The van der Waals surface area contributed by atoms with Crippen molar-refractivity contribution in [1.82, 2.24) is 5.32 Å². The van der Waals surface area contributed by atoms with Crippen LogP contribution in [-0.2, 0) is 39.8 Å². The zero-order valence-electron chi connectivity index (χ0n) is 25.9. The maximum Gasteiger partial charge on any atom is 0.407 e. The fraction of sp³-hybridized carbons (Fsp3) is 0.656. The Balaban J connectivity index is 1.24. The molecule has 3 fully saturated rings. The molecule has 10 heteroatoms. The van der Waals surface area contributed by atoms with Crippen LogP contribution in [0.2, 0.25) is 0 Å². The summed E-state index contributed by atoms with van der Waals surface area (Å²) < 4.78 is 29.3. The Labute approximate surface area is 248 Å². The molecular formula is C32H46N2O8. The fourth-order valence-electron chi connectivity index (χ4n) is 5.78. The van der Waals surface area contributed by atoms with Crippen molar-refractivity contribution < 1.29 is 38.1 Å². The van der Waals surface area contributed by atoms with Crippen molar-refractivity contribution in [1.29, 1.82) is 0 Å². The topological polar surface area (TPSA) is 128 Å². The molecule has 0 aromatic heterocycles. The van der Waals surface area contributed by atoms with Crippen molar-refractivity contribution in [3.63, 3.8) is 0 Å². The molecule has 2 N–H and O–H groups in total.